The maximum Gasteiger partial charge on any atom is 0.0602 e. The smallest absolute Gasteiger partial charge is 0.0602 e. The summed E-state index contributed by atoms with van der Waals surface area (Å²) in [5.41, 5.74) is 28.6. The van der Waals surface area contributed by atoms with Gasteiger partial charge in [0.1, 0.15) is 0 Å². The van der Waals surface area contributed by atoms with Gasteiger partial charge in [-0.15, -0.1) is 108 Å². The van der Waals surface area contributed by atoms with E-state index < -0.39 is 0 Å². The number of hydrogen-bond acceptors (Lipinski definition) is 3. The molecule has 0 N–H and O–H groups in total. The largest absolute Gasteiger partial charge is 0.340 e. The summed E-state index contributed by atoms with van der Waals surface area (Å²) in [7, 11) is 0. The molecule has 0 saturated carbocycles. The Labute approximate surface area is 649 Å². The van der Waals surface area contributed by atoms with E-state index in [0.29, 0.717) is 11.8 Å². The van der Waals surface area contributed by atoms with Crippen LogP contribution in [-0.4, -0.2) is 28.7 Å². The van der Waals surface area contributed by atoms with Gasteiger partial charge in [0.05, 0.1) is 17.5 Å². The molecule has 3 radical (unpaired) electrons. The fourth-order valence-corrected chi connectivity index (χ4v) is 13.6. The van der Waals surface area contributed by atoms with Gasteiger partial charge in [-0.05, 0) is 200 Å². The third kappa shape index (κ3) is 18.9. The van der Waals surface area contributed by atoms with Crippen LogP contribution in [-0.2, 0) is 77.6 Å². The van der Waals surface area contributed by atoms with Crippen molar-refractivity contribution in [2.24, 2.45) is 0 Å². The molecule has 529 valence electrons. The molecule has 13 aromatic rings. The first kappa shape index (κ1) is 79.5. The molecule has 0 atom stereocenters. The van der Waals surface area contributed by atoms with E-state index in [1.165, 1.54) is 138 Å². The zero-order valence-corrected chi connectivity index (χ0v) is 69.2. The molecule has 0 fully saturated rings. The van der Waals surface area contributed by atoms with Crippen LogP contribution in [0.2, 0.25) is 0 Å². The third-order valence-corrected chi connectivity index (χ3v) is 18.8. The zero-order valence-electron chi connectivity index (χ0n) is 62.0. The fourth-order valence-electron chi connectivity index (χ4n) is 13.6. The molecule has 0 aliphatic rings. The fraction of sp³-hybridized carbons (Fsp3) is 0.258. The molecule has 0 spiro atoms. The van der Waals surface area contributed by atoms with E-state index in [1.54, 1.807) is 0 Å². The topological polar surface area (TPSA) is 53.5 Å². The third-order valence-electron chi connectivity index (χ3n) is 18.8. The summed E-state index contributed by atoms with van der Waals surface area (Å²) in [6, 6.07) is 83.9. The number of unbranched alkanes of at least 4 members (excludes halogenated alkanes) is 3. The van der Waals surface area contributed by atoms with E-state index >= 15 is 0 Å². The van der Waals surface area contributed by atoms with Crippen molar-refractivity contribution >= 4 is 0 Å². The van der Waals surface area contributed by atoms with E-state index in [4.69, 9.17) is 4.98 Å². The first-order valence-electron chi connectivity index (χ1n) is 35.5. The van der Waals surface area contributed by atoms with Gasteiger partial charge in [-0.3, -0.25) is 15.0 Å². The van der Waals surface area contributed by atoms with Crippen LogP contribution in [0.4, 0.5) is 0 Å². The predicted molar refractivity (Wildman–Crippen MR) is 418 cm³/mol. The standard InChI is InChI=1S/C43H43N2.C27H27N2.C23H27N2.3Ir/c1-29-24-34(25-30(2)40(29)45-23-22-44-41(45)33-12-10-9-11-13-33)37-27-35(31-14-18-38(19-15-31)42(3,4)5)26-36(28-37)32-16-20-39(21-17-32)43(6,7)8;1-19(2)24-17-23(21-11-7-5-8-12-21)18-25(20(3)4)26(24)29-16-15-28-27(29)22-13-9-6-10-14-22;1-4-5-6-8-11-20-16-18(2)22(19(3)17-20)25-15-14-24-23(25)21-12-9-7-10-13-21;;;/h9-12,14-28H,1-8H3;5-13,15-20H,1-4H3;7,9-10,12,14-17H,4-6,8,11H2,1-3H3;;;/q3*-1;;;. The number of benzene rings is 10. The number of aromatic nitrogens is 6. The molecular weight excluding hydrogens is 1780 g/mol. The normalized spacial score (nSPS) is 11.2. The molecule has 0 unspecified atom stereocenters. The number of rotatable bonds is 17. The van der Waals surface area contributed by atoms with Crippen molar-refractivity contribution < 1.29 is 60.3 Å². The van der Waals surface area contributed by atoms with Crippen molar-refractivity contribution in [3.63, 3.8) is 0 Å². The first-order valence-corrected chi connectivity index (χ1v) is 35.5. The van der Waals surface area contributed by atoms with Crippen molar-refractivity contribution in [2.45, 2.75) is 159 Å². The summed E-state index contributed by atoms with van der Waals surface area (Å²) >= 11 is 0. The molecule has 13 rings (SSSR count). The van der Waals surface area contributed by atoms with Crippen LogP contribution in [0.3, 0.4) is 0 Å². The molecule has 0 bridgehead atoms. The molecule has 102 heavy (non-hydrogen) atoms. The van der Waals surface area contributed by atoms with Crippen LogP contribution in [0.25, 0.3) is 95.7 Å². The molecule has 0 saturated heterocycles. The molecule has 10 aromatic carbocycles. The van der Waals surface area contributed by atoms with Gasteiger partial charge >= 0.3 is 0 Å². The van der Waals surface area contributed by atoms with Crippen molar-refractivity contribution in [3.05, 3.63) is 312 Å². The molecule has 6 nitrogen and oxygen atoms in total. The van der Waals surface area contributed by atoms with Crippen molar-refractivity contribution in [3.8, 4) is 95.7 Å². The molecule has 0 aliphatic heterocycles. The van der Waals surface area contributed by atoms with Gasteiger partial charge in [0.15, 0.2) is 0 Å². The number of imidazole rings is 3. The Morgan fingerprint density at radius 3 is 1.04 bits per heavy atom. The summed E-state index contributed by atoms with van der Waals surface area (Å²) in [6.07, 6.45) is 18.2. The zero-order chi connectivity index (χ0) is 70.0. The minimum absolute atomic E-state index is 0. The quantitative estimate of drug-likeness (QED) is 0.0674. The Morgan fingerprint density at radius 1 is 0.353 bits per heavy atom. The second-order valence-corrected chi connectivity index (χ2v) is 29.2. The van der Waals surface area contributed by atoms with Crippen LogP contribution >= 0.6 is 0 Å². The van der Waals surface area contributed by atoms with Gasteiger partial charge in [-0.25, -0.2) is 0 Å². The Hall–Kier alpha value is -8.22. The van der Waals surface area contributed by atoms with E-state index in [0.717, 1.165) is 39.9 Å². The molecule has 0 aliphatic carbocycles. The Morgan fingerprint density at radius 2 is 0.686 bits per heavy atom. The van der Waals surface area contributed by atoms with Gasteiger partial charge in [0.25, 0.3) is 0 Å². The Kier molecular flexibility index (Phi) is 27.9. The van der Waals surface area contributed by atoms with Gasteiger partial charge in [-0.1, -0.05) is 186 Å². The summed E-state index contributed by atoms with van der Waals surface area (Å²) in [5, 5.41) is 0. The van der Waals surface area contributed by atoms with Crippen LogP contribution in [0.5, 0.6) is 0 Å². The maximum absolute atomic E-state index is 4.69. The molecule has 3 aromatic heterocycles. The average Bonchev–Trinajstić information content (AvgIpc) is 1.49. The van der Waals surface area contributed by atoms with Gasteiger partial charge < -0.3 is 13.7 Å². The SMILES string of the molecule is CC(C)c1cc(-c2ccccc2)cc(C(C)C)c1-n1ccnc1-c1[c-]cccc1.CCCCCCc1cc(C)c(-n2ccnc2-c2[c-]cccc2)c(C)c1.Cc1cc(-c2cc(-c3ccc(C(C)(C)C)cc3)cc(-c3ccc(C(C)(C)C)cc3)c2)cc(C)c1-n1ccnc1-c1[c-]cccc1.[Ir].[Ir].[Ir]. The van der Waals surface area contributed by atoms with E-state index in [9.17, 15) is 0 Å². The van der Waals surface area contributed by atoms with Gasteiger partial charge in [0, 0.05) is 115 Å². The number of hydrogen-bond donors (Lipinski definition) is 0. The van der Waals surface area contributed by atoms with E-state index in [2.05, 4.69) is 304 Å². The molecule has 9 heteroatoms. The number of nitrogens with zero attached hydrogens (tertiary/aromatic N) is 6. The Bertz CT molecular complexity index is 4650. The van der Waals surface area contributed by atoms with Crippen molar-refractivity contribution in [1.29, 1.82) is 0 Å². The second-order valence-electron chi connectivity index (χ2n) is 29.2. The minimum atomic E-state index is 0. The van der Waals surface area contributed by atoms with Crippen LogP contribution in [0, 0.1) is 45.9 Å². The molecule has 3 heterocycles. The van der Waals surface area contributed by atoms with E-state index in [1.807, 2.05) is 85.6 Å². The van der Waals surface area contributed by atoms with Crippen LogP contribution in [0.1, 0.15) is 164 Å². The molecular formula is C93H97Ir3N6-3. The van der Waals surface area contributed by atoms with Crippen LogP contribution < -0.4 is 0 Å². The Balaban J connectivity index is 0.000000202. The summed E-state index contributed by atoms with van der Waals surface area (Å²) in [5.74, 6) is 3.56. The summed E-state index contributed by atoms with van der Waals surface area (Å²) < 4.78 is 6.62. The monoisotopic (exact) mass is 1880 g/mol. The minimum Gasteiger partial charge on any atom is -0.340 e. The van der Waals surface area contributed by atoms with E-state index in [-0.39, 0.29) is 71.1 Å². The predicted octanol–water partition coefficient (Wildman–Crippen LogP) is 24.9. The number of aryl methyl sites for hydroxylation is 5. The van der Waals surface area contributed by atoms with Gasteiger partial charge in [0.2, 0.25) is 0 Å². The van der Waals surface area contributed by atoms with Gasteiger partial charge in [-0.2, -0.15) is 0 Å². The van der Waals surface area contributed by atoms with Crippen molar-refractivity contribution in [1.82, 2.24) is 28.7 Å². The van der Waals surface area contributed by atoms with Crippen LogP contribution in [0.15, 0.2) is 243 Å². The second kappa shape index (κ2) is 35.8. The maximum atomic E-state index is 4.69. The average molecular weight is 1880 g/mol. The first-order chi connectivity index (χ1) is 47.6. The molecule has 0 amide bonds. The van der Waals surface area contributed by atoms with Crippen molar-refractivity contribution in [2.75, 3.05) is 0 Å². The summed E-state index contributed by atoms with van der Waals surface area (Å²) in [4.78, 5) is 13.9. The summed E-state index contributed by atoms with van der Waals surface area (Å²) in [6.45, 7) is 33.7.